The number of nitrogens with two attached hydrogens (primary N) is 1. The number of esters is 1. The van der Waals surface area contributed by atoms with Gasteiger partial charge in [0.1, 0.15) is 6.61 Å². The Balaban J connectivity index is 1.74. The van der Waals surface area contributed by atoms with Crippen molar-refractivity contribution in [2.45, 2.75) is 39.4 Å². The zero-order valence-electron chi connectivity index (χ0n) is 14.0. The van der Waals surface area contributed by atoms with E-state index in [1.165, 1.54) is 0 Å². The summed E-state index contributed by atoms with van der Waals surface area (Å²) in [4.78, 5) is 13.9. The van der Waals surface area contributed by atoms with Crippen molar-refractivity contribution in [1.82, 2.24) is 4.90 Å². The van der Waals surface area contributed by atoms with Crippen LogP contribution < -0.4 is 5.73 Å². The quantitative estimate of drug-likeness (QED) is 0.827. The highest BCUT2D eigenvalue weighted by Crippen LogP contribution is 2.32. The van der Waals surface area contributed by atoms with E-state index in [-0.39, 0.29) is 11.4 Å². The average molecular weight is 318 g/mol. The van der Waals surface area contributed by atoms with E-state index < -0.39 is 6.10 Å². The minimum absolute atomic E-state index is 0.144. The molecule has 2 heterocycles. The zero-order chi connectivity index (χ0) is 16.6. The number of likely N-dealkylation sites (tertiary alicyclic amines) is 1. The van der Waals surface area contributed by atoms with Gasteiger partial charge in [0.25, 0.3) is 0 Å². The molecule has 23 heavy (non-hydrogen) atoms. The fourth-order valence-corrected chi connectivity index (χ4v) is 3.82. The van der Waals surface area contributed by atoms with Gasteiger partial charge in [-0.1, -0.05) is 13.0 Å². The van der Waals surface area contributed by atoms with Gasteiger partial charge < -0.3 is 15.6 Å². The number of nitrogens with zero attached hydrogens (tertiary/aromatic N) is 1. The Bertz CT molecular complexity index is 617. The predicted octanol–water partition coefficient (Wildman–Crippen LogP) is 1.76. The molecule has 1 fully saturated rings. The van der Waals surface area contributed by atoms with E-state index in [2.05, 4.69) is 11.8 Å². The molecule has 2 aliphatic rings. The SMILES string of the molecule is Cc1c(C(O)CN2CCC[C@](C)(CN)C2)ccc2c1COC2=O. The van der Waals surface area contributed by atoms with E-state index in [0.29, 0.717) is 25.3 Å². The predicted molar refractivity (Wildman–Crippen MR) is 88.1 cm³/mol. The van der Waals surface area contributed by atoms with Crippen LogP contribution in [0.2, 0.25) is 0 Å². The Labute approximate surface area is 137 Å². The molecule has 126 valence electrons. The number of carbonyl (C=O) groups is 1. The minimum Gasteiger partial charge on any atom is -0.457 e. The highest BCUT2D eigenvalue weighted by Gasteiger charge is 2.31. The van der Waals surface area contributed by atoms with Crippen LogP contribution in [0.15, 0.2) is 12.1 Å². The number of ether oxygens (including phenoxy) is 1. The Hall–Kier alpha value is -1.43. The molecule has 2 aliphatic heterocycles. The Kier molecular flexibility index (Phi) is 4.45. The topological polar surface area (TPSA) is 75.8 Å². The van der Waals surface area contributed by atoms with Crippen molar-refractivity contribution in [3.63, 3.8) is 0 Å². The fraction of sp³-hybridized carbons (Fsp3) is 0.611. The third kappa shape index (κ3) is 3.13. The number of fused-ring (bicyclic) bond motifs is 1. The van der Waals surface area contributed by atoms with Gasteiger partial charge in [0.15, 0.2) is 0 Å². The van der Waals surface area contributed by atoms with Crippen molar-refractivity contribution in [3.8, 4) is 0 Å². The summed E-state index contributed by atoms with van der Waals surface area (Å²) in [6.07, 6.45) is 1.70. The number of rotatable bonds is 4. The van der Waals surface area contributed by atoms with Crippen LogP contribution in [0, 0.1) is 12.3 Å². The molecule has 0 amide bonds. The Morgan fingerprint density at radius 3 is 3.00 bits per heavy atom. The number of hydrogen-bond acceptors (Lipinski definition) is 5. The summed E-state index contributed by atoms with van der Waals surface area (Å²) < 4.78 is 5.09. The maximum atomic E-state index is 11.6. The summed E-state index contributed by atoms with van der Waals surface area (Å²) in [5.74, 6) is -0.265. The molecule has 3 N–H and O–H groups in total. The summed E-state index contributed by atoms with van der Waals surface area (Å²) in [6.45, 7) is 7.69. The van der Waals surface area contributed by atoms with Gasteiger partial charge >= 0.3 is 5.97 Å². The van der Waals surface area contributed by atoms with E-state index in [1.807, 2.05) is 13.0 Å². The lowest BCUT2D eigenvalue weighted by Gasteiger charge is -2.40. The van der Waals surface area contributed by atoms with E-state index in [1.54, 1.807) is 6.07 Å². The molecular weight excluding hydrogens is 292 g/mol. The molecule has 5 nitrogen and oxygen atoms in total. The maximum Gasteiger partial charge on any atom is 0.338 e. The molecule has 0 bridgehead atoms. The summed E-state index contributed by atoms with van der Waals surface area (Å²) in [7, 11) is 0. The normalized spacial score (nSPS) is 26.0. The summed E-state index contributed by atoms with van der Waals surface area (Å²) >= 11 is 0. The lowest BCUT2D eigenvalue weighted by atomic mass is 9.82. The lowest BCUT2D eigenvalue weighted by molar-refractivity contribution is 0.0535. The van der Waals surface area contributed by atoms with Crippen molar-refractivity contribution in [1.29, 1.82) is 0 Å². The summed E-state index contributed by atoms with van der Waals surface area (Å²) in [5.41, 5.74) is 9.46. The van der Waals surface area contributed by atoms with Crippen LogP contribution in [-0.4, -0.2) is 42.2 Å². The molecule has 0 saturated carbocycles. The standard InChI is InChI=1S/C18H26N2O3/c1-12-13(4-5-14-15(12)9-23-17(14)22)16(21)8-20-7-3-6-18(2,10-19)11-20/h4-5,16,21H,3,6-11,19H2,1-2H3/t16?,18-/m1/s1. The van der Waals surface area contributed by atoms with E-state index in [0.717, 1.165) is 42.6 Å². The lowest BCUT2D eigenvalue weighted by Crippen LogP contribution is -2.46. The van der Waals surface area contributed by atoms with E-state index >= 15 is 0 Å². The molecule has 1 aromatic carbocycles. The number of β-amino-alcohol motifs (C(OH)–C–C–N with tert-alkyl or cyclic N) is 1. The summed E-state index contributed by atoms with van der Waals surface area (Å²) in [6, 6.07) is 3.63. The first-order valence-electron chi connectivity index (χ1n) is 8.33. The first-order valence-corrected chi connectivity index (χ1v) is 8.33. The molecule has 2 atom stereocenters. The van der Waals surface area contributed by atoms with Crippen LogP contribution in [0.1, 0.15) is 52.9 Å². The number of piperidine rings is 1. The number of hydrogen-bond donors (Lipinski definition) is 2. The van der Waals surface area contributed by atoms with Crippen molar-refractivity contribution >= 4 is 5.97 Å². The van der Waals surface area contributed by atoms with Crippen LogP contribution >= 0.6 is 0 Å². The molecule has 1 aromatic rings. The largest absolute Gasteiger partial charge is 0.457 e. The molecule has 3 rings (SSSR count). The highest BCUT2D eigenvalue weighted by molar-refractivity contribution is 5.93. The van der Waals surface area contributed by atoms with Crippen LogP contribution in [0.25, 0.3) is 0 Å². The third-order valence-electron chi connectivity index (χ3n) is 5.35. The molecule has 0 aromatic heterocycles. The first kappa shape index (κ1) is 16.4. The highest BCUT2D eigenvalue weighted by atomic mass is 16.5. The van der Waals surface area contributed by atoms with Gasteiger partial charge in [-0.3, -0.25) is 4.90 Å². The van der Waals surface area contributed by atoms with Crippen molar-refractivity contribution in [2.75, 3.05) is 26.2 Å². The third-order valence-corrected chi connectivity index (χ3v) is 5.35. The Morgan fingerprint density at radius 2 is 2.26 bits per heavy atom. The Morgan fingerprint density at radius 1 is 1.48 bits per heavy atom. The monoisotopic (exact) mass is 318 g/mol. The van der Waals surface area contributed by atoms with Gasteiger partial charge in [0.2, 0.25) is 0 Å². The molecule has 0 aliphatic carbocycles. The van der Waals surface area contributed by atoms with Crippen molar-refractivity contribution < 1.29 is 14.6 Å². The summed E-state index contributed by atoms with van der Waals surface area (Å²) in [5, 5.41) is 10.7. The van der Waals surface area contributed by atoms with Crippen LogP contribution in [0.5, 0.6) is 0 Å². The molecule has 0 spiro atoms. The van der Waals surface area contributed by atoms with Gasteiger partial charge in [-0.05, 0) is 55.5 Å². The maximum absolute atomic E-state index is 11.6. The van der Waals surface area contributed by atoms with Gasteiger partial charge in [0.05, 0.1) is 11.7 Å². The number of carbonyl (C=O) groups excluding carboxylic acids is 1. The average Bonchev–Trinajstić information content (AvgIpc) is 2.90. The van der Waals surface area contributed by atoms with E-state index in [9.17, 15) is 9.90 Å². The van der Waals surface area contributed by atoms with Gasteiger partial charge in [-0.2, -0.15) is 0 Å². The second-order valence-electron chi connectivity index (χ2n) is 7.25. The zero-order valence-corrected chi connectivity index (χ0v) is 14.0. The molecule has 0 radical (unpaired) electrons. The van der Waals surface area contributed by atoms with Crippen molar-refractivity contribution in [2.24, 2.45) is 11.1 Å². The van der Waals surface area contributed by atoms with Crippen LogP contribution in [-0.2, 0) is 11.3 Å². The number of aliphatic hydroxyl groups is 1. The molecule has 5 heteroatoms. The van der Waals surface area contributed by atoms with E-state index in [4.69, 9.17) is 10.5 Å². The van der Waals surface area contributed by atoms with Crippen molar-refractivity contribution in [3.05, 3.63) is 34.4 Å². The number of aliphatic hydroxyl groups excluding tert-OH is 1. The first-order chi connectivity index (χ1) is 10.9. The molecule has 1 unspecified atom stereocenters. The van der Waals surface area contributed by atoms with Gasteiger partial charge in [0, 0.05) is 18.7 Å². The minimum atomic E-state index is -0.559. The van der Waals surface area contributed by atoms with Gasteiger partial charge in [-0.25, -0.2) is 4.79 Å². The fourth-order valence-electron chi connectivity index (χ4n) is 3.82. The number of benzene rings is 1. The second kappa shape index (κ2) is 6.23. The van der Waals surface area contributed by atoms with Crippen LogP contribution in [0.4, 0.5) is 0 Å². The smallest absolute Gasteiger partial charge is 0.338 e. The number of cyclic esters (lactones) is 1. The van der Waals surface area contributed by atoms with Crippen LogP contribution in [0.3, 0.4) is 0 Å². The molecular formula is C18H26N2O3. The second-order valence-corrected chi connectivity index (χ2v) is 7.25. The van der Waals surface area contributed by atoms with Gasteiger partial charge in [-0.15, -0.1) is 0 Å². The molecule has 1 saturated heterocycles.